The number of nitro benzene ring substituents is 1. The lowest BCUT2D eigenvalue weighted by molar-refractivity contribution is -0.384. The van der Waals surface area contributed by atoms with Crippen molar-refractivity contribution in [1.29, 1.82) is 0 Å². The number of benzene rings is 2. The molecule has 0 aromatic heterocycles. The second-order valence-corrected chi connectivity index (χ2v) is 6.45. The molecule has 2 aromatic rings. The van der Waals surface area contributed by atoms with Gasteiger partial charge in [0.1, 0.15) is 18.9 Å². The molecule has 2 aromatic carbocycles. The smallest absolute Gasteiger partial charge is 0.292 e. The minimum atomic E-state index is -0.310. The number of anilines is 1. The maximum atomic E-state index is 11.2. The molecule has 2 aliphatic heterocycles. The van der Waals surface area contributed by atoms with Crippen molar-refractivity contribution in [3.63, 3.8) is 0 Å². The van der Waals surface area contributed by atoms with Gasteiger partial charge in [0, 0.05) is 44.4 Å². The van der Waals surface area contributed by atoms with Crippen molar-refractivity contribution in [2.75, 3.05) is 44.3 Å². The van der Waals surface area contributed by atoms with Crippen LogP contribution in [0.15, 0.2) is 42.5 Å². The molecule has 2 heterocycles. The van der Waals surface area contributed by atoms with Gasteiger partial charge in [-0.2, -0.15) is 0 Å². The second kappa shape index (κ2) is 7.21. The highest BCUT2D eigenvalue weighted by Crippen LogP contribution is 2.35. The van der Waals surface area contributed by atoms with E-state index >= 15 is 0 Å². The summed E-state index contributed by atoms with van der Waals surface area (Å²) in [4.78, 5) is 15.4. The van der Waals surface area contributed by atoms with Crippen molar-refractivity contribution in [2.45, 2.75) is 6.54 Å². The van der Waals surface area contributed by atoms with Crippen molar-refractivity contribution < 1.29 is 14.4 Å². The Morgan fingerprint density at radius 3 is 2.54 bits per heavy atom. The van der Waals surface area contributed by atoms with E-state index in [2.05, 4.69) is 15.9 Å². The number of para-hydroxylation sites is 3. The van der Waals surface area contributed by atoms with Gasteiger partial charge in [-0.3, -0.25) is 15.0 Å². The van der Waals surface area contributed by atoms with E-state index in [4.69, 9.17) is 9.47 Å². The zero-order valence-corrected chi connectivity index (χ0v) is 14.5. The number of fused-ring (bicyclic) bond motifs is 1. The average Bonchev–Trinajstić information content (AvgIpc) is 2.69. The molecule has 26 heavy (non-hydrogen) atoms. The Bertz CT molecular complexity index is 803. The lowest BCUT2D eigenvalue weighted by Crippen LogP contribution is -2.46. The van der Waals surface area contributed by atoms with Gasteiger partial charge in [-0.1, -0.05) is 24.3 Å². The average molecular weight is 355 g/mol. The molecule has 0 spiro atoms. The molecule has 0 aliphatic carbocycles. The first-order chi connectivity index (χ1) is 12.7. The molecule has 0 atom stereocenters. The lowest BCUT2D eigenvalue weighted by Gasteiger charge is -2.36. The van der Waals surface area contributed by atoms with Gasteiger partial charge in [-0.25, -0.2) is 0 Å². The summed E-state index contributed by atoms with van der Waals surface area (Å²) >= 11 is 0. The third-order valence-electron chi connectivity index (χ3n) is 4.83. The molecule has 0 unspecified atom stereocenters. The number of piperazine rings is 1. The second-order valence-electron chi connectivity index (χ2n) is 6.45. The molecular formula is C19H21N3O4. The molecule has 136 valence electrons. The van der Waals surface area contributed by atoms with E-state index in [1.807, 2.05) is 24.3 Å². The van der Waals surface area contributed by atoms with E-state index in [0.29, 0.717) is 18.9 Å². The van der Waals surface area contributed by atoms with Gasteiger partial charge < -0.3 is 14.4 Å². The van der Waals surface area contributed by atoms with Crippen molar-refractivity contribution in [2.24, 2.45) is 0 Å². The third kappa shape index (κ3) is 3.30. The van der Waals surface area contributed by atoms with Crippen molar-refractivity contribution in [3.05, 3.63) is 58.1 Å². The SMILES string of the molecule is O=[N+]([O-])c1ccccc1N1CCN(Cc2cccc3c2OCCO3)CC1. The maximum absolute atomic E-state index is 11.2. The van der Waals surface area contributed by atoms with E-state index < -0.39 is 0 Å². The molecule has 0 saturated carbocycles. The standard InChI is InChI=1S/C19H21N3O4/c23-22(24)17-6-2-1-5-16(17)21-10-8-20(9-11-21)14-15-4-3-7-18-19(15)26-13-12-25-18/h1-7H,8-14H2. The summed E-state index contributed by atoms with van der Waals surface area (Å²) in [5.41, 5.74) is 2.00. The number of rotatable bonds is 4. The maximum Gasteiger partial charge on any atom is 0.292 e. The molecule has 7 heteroatoms. The number of nitro groups is 1. The van der Waals surface area contributed by atoms with Crippen molar-refractivity contribution in [3.8, 4) is 11.5 Å². The van der Waals surface area contributed by atoms with Crippen LogP contribution < -0.4 is 14.4 Å². The van der Waals surface area contributed by atoms with E-state index in [1.165, 1.54) is 0 Å². The number of nitrogens with zero attached hydrogens (tertiary/aromatic N) is 3. The van der Waals surface area contributed by atoms with E-state index in [0.717, 1.165) is 49.8 Å². The fraction of sp³-hybridized carbons (Fsp3) is 0.368. The van der Waals surface area contributed by atoms with Crippen molar-refractivity contribution >= 4 is 11.4 Å². The van der Waals surface area contributed by atoms with E-state index in [1.54, 1.807) is 12.1 Å². The van der Waals surface area contributed by atoms with Gasteiger partial charge in [0.05, 0.1) is 4.92 Å². The third-order valence-corrected chi connectivity index (χ3v) is 4.83. The topological polar surface area (TPSA) is 68.1 Å². The van der Waals surface area contributed by atoms with Gasteiger partial charge >= 0.3 is 0 Å². The lowest BCUT2D eigenvalue weighted by atomic mass is 10.1. The summed E-state index contributed by atoms with van der Waals surface area (Å²) in [6.45, 7) is 5.17. The van der Waals surface area contributed by atoms with E-state index in [-0.39, 0.29) is 10.6 Å². The van der Waals surface area contributed by atoms with Crippen LogP contribution in [-0.2, 0) is 6.54 Å². The molecule has 2 aliphatic rings. The zero-order valence-electron chi connectivity index (χ0n) is 14.5. The fourth-order valence-electron chi connectivity index (χ4n) is 3.53. The highest BCUT2D eigenvalue weighted by molar-refractivity contribution is 5.63. The highest BCUT2D eigenvalue weighted by Gasteiger charge is 2.24. The van der Waals surface area contributed by atoms with Crippen molar-refractivity contribution in [1.82, 2.24) is 4.90 Å². The molecule has 4 rings (SSSR count). The first-order valence-corrected chi connectivity index (χ1v) is 8.80. The van der Waals surface area contributed by atoms with Crippen LogP contribution in [0.5, 0.6) is 11.5 Å². The Labute approximate surface area is 151 Å². The van der Waals surface area contributed by atoms with Crippen LogP contribution in [0.2, 0.25) is 0 Å². The molecule has 7 nitrogen and oxygen atoms in total. The molecule has 0 N–H and O–H groups in total. The molecule has 1 fully saturated rings. The fourth-order valence-corrected chi connectivity index (χ4v) is 3.53. The van der Waals surface area contributed by atoms with Gasteiger partial charge in [0.25, 0.3) is 5.69 Å². The van der Waals surface area contributed by atoms with Crippen LogP contribution in [-0.4, -0.2) is 49.2 Å². The number of ether oxygens (including phenoxy) is 2. The molecule has 0 bridgehead atoms. The normalized spacial score (nSPS) is 17.2. The Morgan fingerprint density at radius 2 is 1.73 bits per heavy atom. The van der Waals surface area contributed by atoms with Gasteiger partial charge in [-0.05, 0) is 12.1 Å². The largest absolute Gasteiger partial charge is 0.486 e. The Hall–Kier alpha value is -2.80. The first-order valence-electron chi connectivity index (χ1n) is 8.80. The minimum Gasteiger partial charge on any atom is -0.486 e. The summed E-state index contributed by atoms with van der Waals surface area (Å²) < 4.78 is 11.4. The Balaban J connectivity index is 1.43. The van der Waals surface area contributed by atoms with Gasteiger partial charge in [-0.15, -0.1) is 0 Å². The van der Waals surface area contributed by atoms with Crippen LogP contribution in [0.3, 0.4) is 0 Å². The summed E-state index contributed by atoms with van der Waals surface area (Å²) in [7, 11) is 0. The summed E-state index contributed by atoms with van der Waals surface area (Å²) in [5, 5.41) is 11.2. The molecular weight excluding hydrogens is 334 g/mol. The predicted octanol–water partition coefficient (Wildman–Crippen LogP) is 2.69. The van der Waals surface area contributed by atoms with Crippen LogP contribution >= 0.6 is 0 Å². The van der Waals surface area contributed by atoms with Crippen LogP contribution in [0.4, 0.5) is 11.4 Å². The van der Waals surface area contributed by atoms with E-state index in [9.17, 15) is 10.1 Å². The first kappa shape index (κ1) is 16.7. The monoisotopic (exact) mass is 355 g/mol. The molecule has 1 saturated heterocycles. The minimum absolute atomic E-state index is 0.170. The number of hydrogen-bond acceptors (Lipinski definition) is 6. The molecule has 0 radical (unpaired) electrons. The number of hydrogen-bond donors (Lipinski definition) is 0. The Morgan fingerprint density at radius 1 is 0.962 bits per heavy atom. The highest BCUT2D eigenvalue weighted by atomic mass is 16.6. The van der Waals surface area contributed by atoms with Crippen LogP contribution in [0.25, 0.3) is 0 Å². The van der Waals surface area contributed by atoms with Gasteiger partial charge in [0.15, 0.2) is 11.5 Å². The summed E-state index contributed by atoms with van der Waals surface area (Å²) in [5.74, 6) is 1.66. The van der Waals surface area contributed by atoms with Crippen LogP contribution in [0, 0.1) is 10.1 Å². The molecule has 0 amide bonds. The Kier molecular flexibility index (Phi) is 4.62. The van der Waals surface area contributed by atoms with Crippen LogP contribution in [0.1, 0.15) is 5.56 Å². The quantitative estimate of drug-likeness (QED) is 0.620. The summed E-state index contributed by atoms with van der Waals surface area (Å²) in [6, 6.07) is 12.9. The summed E-state index contributed by atoms with van der Waals surface area (Å²) in [6.07, 6.45) is 0. The predicted molar refractivity (Wildman–Crippen MR) is 98.0 cm³/mol. The zero-order chi connectivity index (χ0) is 17.9. The van der Waals surface area contributed by atoms with Gasteiger partial charge in [0.2, 0.25) is 0 Å².